The smallest absolute Gasteiger partial charge is 0.197 e. The van der Waals surface area contributed by atoms with Gasteiger partial charge in [0, 0.05) is 34.5 Å². The van der Waals surface area contributed by atoms with Gasteiger partial charge in [0.1, 0.15) is 0 Å². The van der Waals surface area contributed by atoms with Crippen molar-refractivity contribution in [2.24, 2.45) is 7.05 Å². The number of aryl methyl sites for hydroxylation is 1. The molecule has 0 N–H and O–H groups in total. The fourth-order valence-corrected chi connectivity index (χ4v) is 3.92. The minimum atomic E-state index is -0.217. The lowest BCUT2D eigenvalue weighted by atomic mass is 9.82. The first-order valence-electron chi connectivity index (χ1n) is 8.32. The second-order valence-electron chi connectivity index (χ2n) is 6.49. The molecule has 0 bridgehead atoms. The molecule has 1 aromatic heterocycles. The maximum Gasteiger partial charge on any atom is 0.197 e. The second kappa shape index (κ2) is 4.99. The molecule has 0 saturated carbocycles. The molecule has 4 aromatic rings. The number of fused-ring (bicyclic) bond motifs is 5. The summed E-state index contributed by atoms with van der Waals surface area (Å²) in [6.07, 6.45) is 0. The van der Waals surface area contributed by atoms with Crippen molar-refractivity contribution in [3.63, 3.8) is 0 Å². The van der Waals surface area contributed by atoms with E-state index in [4.69, 9.17) is 0 Å². The molecule has 0 aliphatic heterocycles. The van der Waals surface area contributed by atoms with Crippen molar-refractivity contribution in [3.8, 4) is 0 Å². The number of carbonyl (C=O) groups excluding carboxylic acids is 2. The number of benzene rings is 3. The van der Waals surface area contributed by atoms with Crippen LogP contribution in [0, 0.1) is 0 Å². The Labute approximate surface area is 148 Å². The average Bonchev–Trinajstić information content (AvgIpc) is 2.69. The van der Waals surface area contributed by atoms with E-state index in [1.165, 1.54) is 0 Å². The molecule has 1 heterocycles. The summed E-state index contributed by atoms with van der Waals surface area (Å²) < 4.78 is 1.84. The number of rotatable bonds is 0. The fraction of sp³-hybridized carbons (Fsp3) is 0.0455. The minimum absolute atomic E-state index is 0.129. The number of nitrogens with zero attached hydrogens (tertiary/aromatic N) is 1. The zero-order chi connectivity index (χ0) is 18.0. The molecule has 0 spiro atoms. The summed E-state index contributed by atoms with van der Waals surface area (Å²) in [5.74, 6) is -0.399. The molecular weight excluding hydrogens is 326 g/mol. The highest BCUT2D eigenvalue weighted by atomic mass is 16.1. The van der Waals surface area contributed by atoms with Crippen molar-refractivity contribution in [3.05, 3.63) is 93.1 Å². The average molecular weight is 339 g/mol. The minimum Gasteiger partial charge on any atom is -0.343 e. The van der Waals surface area contributed by atoms with Gasteiger partial charge in [0.2, 0.25) is 0 Å². The molecule has 3 aromatic carbocycles. The summed E-state index contributed by atoms with van der Waals surface area (Å²) in [6.45, 7) is 0. The normalized spacial score (nSPS) is 13.1. The van der Waals surface area contributed by atoms with E-state index in [1.807, 2.05) is 29.8 Å². The molecule has 0 saturated heterocycles. The van der Waals surface area contributed by atoms with Crippen molar-refractivity contribution in [1.82, 2.24) is 4.57 Å². The van der Waals surface area contributed by atoms with Crippen LogP contribution in [0.5, 0.6) is 0 Å². The van der Waals surface area contributed by atoms with Crippen LogP contribution in [0.2, 0.25) is 0 Å². The lowest BCUT2D eigenvalue weighted by Gasteiger charge is -2.21. The molecule has 1 aliphatic rings. The van der Waals surface area contributed by atoms with E-state index in [1.54, 1.807) is 42.5 Å². The second-order valence-corrected chi connectivity index (χ2v) is 6.49. The third-order valence-corrected chi connectivity index (χ3v) is 5.16. The van der Waals surface area contributed by atoms with Gasteiger partial charge in [-0.25, -0.2) is 0 Å². The number of hydrogen-bond acceptors (Lipinski definition) is 3. The Kier molecular flexibility index (Phi) is 2.84. The fourth-order valence-electron chi connectivity index (χ4n) is 3.92. The quantitative estimate of drug-likeness (QED) is 0.406. The van der Waals surface area contributed by atoms with E-state index in [2.05, 4.69) is 0 Å². The zero-order valence-electron chi connectivity index (χ0n) is 13.9. The Hall–Kier alpha value is -3.53. The van der Waals surface area contributed by atoms with E-state index in [-0.39, 0.29) is 17.0 Å². The van der Waals surface area contributed by atoms with Crippen LogP contribution in [0.25, 0.3) is 21.8 Å². The van der Waals surface area contributed by atoms with Gasteiger partial charge in [0.15, 0.2) is 17.0 Å². The molecule has 124 valence electrons. The van der Waals surface area contributed by atoms with Crippen molar-refractivity contribution in [1.29, 1.82) is 0 Å². The van der Waals surface area contributed by atoms with E-state index in [9.17, 15) is 14.4 Å². The topological polar surface area (TPSA) is 56.1 Å². The first kappa shape index (κ1) is 14.8. The molecule has 0 radical (unpaired) electrons. The number of aromatic nitrogens is 1. The van der Waals surface area contributed by atoms with Crippen molar-refractivity contribution < 1.29 is 9.59 Å². The molecule has 0 amide bonds. The Morgan fingerprint density at radius 3 is 2.08 bits per heavy atom. The Bertz CT molecular complexity index is 1350. The van der Waals surface area contributed by atoms with Gasteiger partial charge in [-0.3, -0.25) is 14.4 Å². The van der Waals surface area contributed by atoms with E-state index in [0.29, 0.717) is 38.5 Å². The molecule has 0 atom stereocenters. The molecule has 26 heavy (non-hydrogen) atoms. The lowest BCUT2D eigenvalue weighted by Crippen LogP contribution is -2.23. The molecule has 4 heteroatoms. The number of pyridine rings is 1. The predicted octanol–water partition coefficient (Wildman–Crippen LogP) is 3.47. The van der Waals surface area contributed by atoms with Gasteiger partial charge in [0.05, 0.1) is 16.6 Å². The number of hydrogen-bond donors (Lipinski definition) is 0. The zero-order valence-corrected chi connectivity index (χ0v) is 13.9. The number of para-hydroxylation sites is 1. The van der Waals surface area contributed by atoms with Gasteiger partial charge in [0.25, 0.3) is 0 Å². The van der Waals surface area contributed by atoms with E-state index in [0.717, 1.165) is 5.52 Å². The van der Waals surface area contributed by atoms with Gasteiger partial charge in [-0.05, 0) is 24.3 Å². The van der Waals surface area contributed by atoms with Crippen LogP contribution in [-0.2, 0) is 7.05 Å². The van der Waals surface area contributed by atoms with Crippen molar-refractivity contribution in [2.45, 2.75) is 0 Å². The monoisotopic (exact) mass is 339 g/mol. The van der Waals surface area contributed by atoms with E-state index >= 15 is 0 Å². The maximum atomic E-state index is 13.2. The summed E-state index contributed by atoms with van der Waals surface area (Å²) in [5, 5.41) is 1.04. The standard InChI is InChI=1S/C22H13NO3/c1-23-17-9-5-4-8-14(17)21(25)16-11-10-15-18(19(16)23)22(26)13-7-3-2-6-12(13)20(15)24/h2-11H,1H3. The number of ketones is 2. The molecule has 5 rings (SSSR count). The Balaban J connectivity index is 2.01. The van der Waals surface area contributed by atoms with Gasteiger partial charge in [-0.2, -0.15) is 0 Å². The van der Waals surface area contributed by atoms with Gasteiger partial charge in [-0.1, -0.05) is 36.4 Å². The molecule has 4 nitrogen and oxygen atoms in total. The third-order valence-electron chi connectivity index (χ3n) is 5.16. The molecule has 0 unspecified atom stereocenters. The number of carbonyl (C=O) groups is 2. The summed E-state index contributed by atoms with van der Waals surface area (Å²) in [4.78, 5) is 39.1. The Morgan fingerprint density at radius 2 is 1.31 bits per heavy atom. The molecule has 1 aliphatic carbocycles. The first-order chi connectivity index (χ1) is 12.6. The predicted molar refractivity (Wildman–Crippen MR) is 100 cm³/mol. The van der Waals surface area contributed by atoms with Crippen LogP contribution in [0.3, 0.4) is 0 Å². The SMILES string of the molecule is Cn1c2ccccc2c(=O)c2ccc3c(c21)C(=O)c1ccccc1C3=O. The van der Waals surface area contributed by atoms with Gasteiger partial charge >= 0.3 is 0 Å². The van der Waals surface area contributed by atoms with Crippen LogP contribution in [0.15, 0.2) is 65.5 Å². The lowest BCUT2D eigenvalue weighted by molar-refractivity contribution is 0.0980. The van der Waals surface area contributed by atoms with Crippen LogP contribution in [0.4, 0.5) is 0 Å². The maximum absolute atomic E-state index is 13.2. The summed E-state index contributed by atoms with van der Waals surface area (Å²) in [7, 11) is 1.82. The highest BCUT2D eigenvalue weighted by Gasteiger charge is 2.32. The Morgan fingerprint density at radius 1 is 0.654 bits per heavy atom. The van der Waals surface area contributed by atoms with Crippen LogP contribution < -0.4 is 5.43 Å². The van der Waals surface area contributed by atoms with Crippen LogP contribution in [-0.4, -0.2) is 16.1 Å². The van der Waals surface area contributed by atoms with Gasteiger partial charge in [-0.15, -0.1) is 0 Å². The van der Waals surface area contributed by atoms with Crippen molar-refractivity contribution >= 4 is 33.4 Å². The summed E-state index contributed by atoms with van der Waals surface area (Å²) >= 11 is 0. The van der Waals surface area contributed by atoms with E-state index < -0.39 is 0 Å². The van der Waals surface area contributed by atoms with Crippen molar-refractivity contribution in [2.75, 3.05) is 0 Å². The summed E-state index contributed by atoms with van der Waals surface area (Å²) in [6, 6.07) is 17.4. The molecular formula is C22H13NO3. The first-order valence-corrected chi connectivity index (χ1v) is 8.32. The van der Waals surface area contributed by atoms with Crippen LogP contribution >= 0.6 is 0 Å². The summed E-state index contributed by atoms with van der Waals surface area (Å²) in [5.41, 5.74) is 2.59. The largest absolute Gasteiger partial charge is 0.343 e. The highest BCUT2D eigenvalue weighted by Crippen LogP contribution is 2.32. The van der Waals surface area contributed by atoms with Gasteiger partial charge < -0.3 is 4.57 Å². The third kappa shape index (κ3) is 1.70. The highest BCUT2D eigenvalue weighted by molar-refractivity contribution is 6.32. The van der Waals surface area contributed by atoms with Crippen LogP contribution in [0.1, 0.15) is 31.8 Å². The molecule has 0 fully saturated rings.